The third-order valence-corrected chi connectivity index (χ3v) is 5.13. The maximum absolute atomic E-state index is 12.8. The molecule has 0 aliphatic carbocycles. The fourth-order valence-corrected chi connectivity index (χ4v) is 3.49. The lowest BCUT2D eigenvalue weighted by Gasteiger charge is -2.29. The van der Waals surface area contributed by atoms with Gasteiger partial charge in [0.25, 0.3) is 11.8 Å². The maximum Gasteiger partial charge on any atom is 0.271 e. The Morgan fingerprint density at radius 2 is 1.93 bits per heavy atom. The number of aryl methyl sites for hydroxylation is 1. The summed E-state index contributed by atoms with van der Waals surface area (Å²) in [7, 11) is 1.86. The van der Waals surface area contributed by atoms with E-state index in [1.807, 2.05) is 37.5 Å². The number of halogens is 1. The fraction of sp³-hybridized carbons (Fsp3) is 0.136. The predicted octanol–water partition coefficient (Wildman–Crippen LogP) is 3.89. The Bertz CT molecular complexity index is 1120. The first-order valence-electron chi connectivity index (χ1n) is 9.13. The van der Waals surface area contributed by atoms with Crippen LogP contribution < -0.4 is 5.32 Å². The Kier molecular flexibility index (Phi) is 4.94. The van der Waals surface area contributed by atoms with E-state index in [0.29, 0.717) is 29.2 Å². The number of carbonyl (C=O) groups excluding carboxylic acids is 2. The molecule has 146 valence electrons. The summed E-state index contributed by atoms with van der Waals surface area (Å²) < 4.78 is 1.73. The number of amides is 2. The average Bonchev–Trinajstić information content (AvgIpc) is 3.15. The van der Waals surface area contributed by atoms with Crippen molar-refractivity contribution in [2.24, 2.45) is 7.05 Å². The van der Waals surface area contributed by atoms with Gasteiger partial charge >= 0.3 is 0 Å². The van der Waals surface area contributed by atoms with Crippen LogP contribution in [0.5, 0.6) is 0 Å². The molecule has 1 N–H and O–H groups in total. The number of hydrogen-bond donors (Lipinski definition) is 1. The molecule has 0 radical (unpaired) electrons. The standard InChI is InChI=1S/C22H19ClN4O2/c1-14(27-12-9-15-3-6-17(23)13-19(15)22(27)29)21(28)24-18-7-4-16(5-8-18)20-10-11-26(2)25-20/h3-8,10-11,13H,1,9,12H2,2H3,(H,24,28). The van der Waals surface area contributed by atoms with Crippen molar-refractivity contribution in [2.75, 3.05) is 11.9 Å². The van der Waals surface area contributed by atoms with Crippen LogP contribution >= 0.6 is 11.6 Å². The fourth-order valence-electron chi connectivity index (χ4n) is 3.32. The monoisotopic (exact) mass is 406 g/mol. The van der Waals surface area contributed by atoms with E-state index < -0.39 is 5.91 Å². The molecule has 1 aromatic heterocycles. The quantitative estimate of drug-likeness (QED) is 0.668. The highest BCUT2D eigenvalue weighted by Gasteiger charge is 2.29. The minimum atomic E-state index is -0.422. The molecule has 4 rings (SSSR count). The first-order valence-corrected chi connectivity index (χ1v) is 9.51. The number of carbonyl (C=O) groups is 2. The van der Waals surface area contributed by atoms with Gasteiger partial charge in [-0.3, -0.25) is 14.3 Å². The highest BCUT2D eigenvalue weighted by Crippen LogP contribution is 2.25. The molecule has 7 heteroatoms. The van der Waals surface area contributed by atoms with Crippen molar-refractivity contribution < 1.29 is 9.59 Å². The predicted molar refractivity (Wildman–Crippen MR) is 113 cm³/mol. The van der Waals surface area contributed by atoms with Crippen LogP contribution in [0.2, 0.25) is 5.02 Å². The van der Waals surface area contributed by atoms with Crippen molar-refractivity contribution in [3.63, 3.8) is 0 Å². The van der Waals surface area contributed by atoms with Gasteiger partial charge in [-0.05, 0) is 42.3 Å². The summed E-state index contributed by atoms with van der Waals surface area (Å²) in [6.45, 7) is 4.24. The Hall–Kier alpha value is -3.38. The van der Waals surface area contributed by atoms with Crippen LogP contribution in [0.25, 0.3) is 11.3 Å². The lowest BCUT2D eigenvalue weighted by molar-refractivity contribution is -0.114. The molecule has 2 heterocycles. The van der Waals surface area contributed by atoms with E-state index in [1.165, 1.54) is 4.90 Å². The van der Waals surface area contributed by atoms with E-state index in [4.69, 9.17) is 11.6 Å². The van der Waals surface area contributed by atoms with E-state index in [1.54, 1.807) is 28.9 Å². The normalized spacial score (nSPS) is 13.2. The van der Waals surface area contributed by atoms with E-state index >= 15 is 0 Å². The third-order valence-electron chi connectivity index (χ3n) is 4.89. The minimum Gasteiger partial charge on any atom is -0.321 e. The van der Waals surface area contributed by atoms with Crippen LogP contribution in [0.15, 0.2) is 67.0 Å². The Morgan fingerprint density at radius 3 is 2.62 bits per heavy atom. The SMILES string of the molecule is C=C(C(=O)Nc1ccc(-c2ccn(C)n2)cc1)N1CCc2ccc(Cl)cc2C1=O. The van der Waals surface area contributed by atoms with E-state index in [2.05, 4.69) is 17.0 Å². The summed E-state index contributed by atoms with van der Waals surface area (Å²) in [5.74, 6) is -0.686. The molecule has 0 saturated heterocycles. The molecule has 0 fully saturated rings. The highest BCUT2D eigenvalue weighted by atomic mass is 35.5. The Morgan fingerprint density at radius 1 is 1.17 bits per heavy atom. The van der Waals surface area contributed by atoms with Crippen LogP contribution in [0.3, 0.4) is 0 Å². The molecule has 0 bridgehead atoms. The minimum absolute atomic E-state index is 0.106. The number of aromatic nitrogens is 2. The summed E-state index contributed by atoms with van der Waals surface area (Å²) in [5.41, 5.74) is 3.96. The van der Waals surface area contributed by atoms with Gasteiger partial charge in [0.15, 0.2) is 0 Å². The summed E-state index contributed by atoms with van der Waals surface area (Å²) in [6.07, 6.45) is 2.51. The average molecular weight is 407 g/mol. The molecule has 0 saturated carbocycles. The first kappa shape index (κ1) is 19.0. The van der Waals surface area contributed by atoms with Crippen molar-refractivity contribution in [1.82, 2.24) is 14.7 Å². The lowest BCUT2D eigenvalue weighted by Crippen LogP contribution is -2.40. The summed E-state index contributed by atoms with van der Waals surface area (Å²) in [4.78, 5) is 26.8. The van der Waals surface area contributed by atoms with Crippen LogP contribution in [0.1, 0.15) is 15.9 Å². The lowest BCUT2D eigenvalue weighted by atomic mass is 9.98. The third kappa shape index (κ3) is 3.79. The molecule has 3 aromatic rings. The smallest absolute Gasteiger partial charge is 0.271 e. The van der Waals surface area contributed by atoms with Crippen LogP contribution in [-0.2, 0) is 18.3 Å². The van der Waals surface area contributed by atoms with Crippen LogP contribution in [-0.4, -0.2) is 33.0 Å². The first-order chi connectivity index (χ1) is 13.9. The van der Waals surface area contributed by atoms with Gasteiger partial charge in [-0.2, -0.15) is 5.10 Å². The van der Waals surface area contributed by atoms with E-state index in [9.17, 15) is 9.59 Å². The van der Waals surface area contributed by atoms with Gasteiger partial charge in [-0.1, -0.05) is 36.4 Å². The number of nitrogens with one attached hydrogen (secondary N) is 1. The Balaban J connectivity index is 1.46. The van der Waals surface area contributed by atoms with Gasteiger partial charge in [0.05, 0.1) is 5.69 Å². The zero-order chi connectivity index (χ0) is 20.5. The zero-order valence-corrected chi connectivity index (χ0v) is 16.6. The van der Waals surface area contributed by atoms with Crippen molar-refractivity contribution in [3.8, 4) is 11.3 Å². The molecule has 1 aliphatic rings. The van der Waals surface area contributed by atoms with Gasteiger partial charge in [-0.15, -0.1) is 0 Å². The van der Waals surface area contributed by atoms with E-state index in [-0.39, 0.29) is 11.6 Å². The van der Waals surface area contributed by atoms with Gasteiger partial charge in [-0.25, -0.2) is 0 Å². The van der Waals surface area contributed by atoms with Crippen molar-refractivity contribution >= 4 is 29.1 Å². The van der Waals surface area contributed by atoms with Crippen LogP contribution in [0, 0.1) is 0 Å². The van der Waals surface area contributed by atoms with Gasteiger partial charge in [0, 0.05) is 41.6 Å². The number of nitrogens with zero attached hydrogens (tertiary/aromatic N) is 3. The molecule has 1 aliphatic heterocycles. The van der Waals surface area contributed by atoms with Crippen molar-refractivity contribution in [3.05, 3.63) is 83.2 Å². The molecule has 6 nitrogen and oxygen atoms in total. The number of fused-ring (bicyclic) bond motifs is 1. The van der Waals surface area contributed by atoms with E-state index in [0.717, 1.165) is 16.8 Å². The maximum atomic E-state index is 12.8. The van der Waals surface area contributed by atoms with Gasteiger partial charge < -0.3 is 10.2 Å². The second kappa shape index (κ2) is 7.56. The summed E-state index contributed by atoms with van der Waals surface area (Å²) >= 11 is 6.02. The van der Waals surface area contributed by atoms with Crippen molar-refractivity contribution in [2.45, 2.75) is 6.42 Å². The zero-order valence-electron chi connectivity index (χ0n) is 15.9. The van der Waals surface area contributed by atoms with Gasteiger partial charge in [0.1, 0.15) is 5.70 Å². The largest absolute Gasteiger partial charge is 0.321 e. The molecule has 2 amide bonds. The number of anilines is 1. The Labute approximate surface area is 173 Å². The number of hydrogen-bond acceptors (Lipinski definition) is 3. The number of rotatable bonds is 4. The molecule has 2 aromatic carbocycles. The second-order valence-electron chi connectivity index (χ2n) is 6.86. The second-order valence-corrected chi connectivity index (χ2v) is 7.30. The van der Waals surface area contributed by atoms with Crippen molar-refractivity contribution in [1.29, 1.82) is 0 Å². The number of benzene rings is 2. The topological polar surface area (TPSA) is 67.2 Å². The molecule has 0 unspecified atom stereocenters. The molecule has 29 heavy (non-hydrogen) atoms. The molecule has 0 atom stereocenters. The molecular formula is C22H19ClN4O2. The highest BCUT2D eigenvalue weighted by molar-refractivity contribution is 6.31. The van der Waals surface area contributed by atoms with Gasteiger partial charge in [0.2, 0.25) is 0 Å². The summed E-state index contributed by atoms with van der Waals surface area (Å²) in [5, 5.41) is 7.64. The summed E-state index contributed by atoms with van der Waals surface area (Å²) in [6, 6.07) is 14.5. The molecule has 0 spiro atoms. The van der Waals surface area contributed by atoms with Crippen LogP contribution in [0.4, 0.5) is 5.69 Å². The molecular weight excluding hydrogens is 388 g/mol.